The van der Waals surface area contributed by atoms with Crippen LogP contribution in [0.4, 0.5) is 0 Å². The molecule has 0 saturated carbocycles. The van der Waals surface area contributed by atoms with E-state index in [9.17, 15) is 9.59 Å². The van der Waals surface area contributed by atoms with Crippen LogP contribution in [0.15, 0.2) is 35.5 Å². The Kier molecular flexibility index (Phi) is 5.18. The molecule has 0 saturated heterocycles. The predicted octanol–water partition coefficient (Wildman–Crippen LogP) is 3.12. The van der Waals surface area contributed by atoms with E-state index in [0.717, 1.165) is 42.6 Å². The van der Waals surface area contributed by atoms with Crippen molar-refractivity contribution >= 4 is 29.1 Å². The van der Waals surface area contributed by atoms with Crippen LogP contribution in [0.25, 0.3) is 0 Å². The maximum Gasteiger partial charge on any atom is 0.337 e. The molecule has 132 valence electrons. The van der Waals surface area contributed by atoms with Crippen molar-refractivity contribution < 1.29 is 14.3 Å². The van der Waals surface area contributed by atoms with Gasteiger partial charge >= 0.3 is 5.97 Å². The van der Waals surface area contributed by atoms with Gasteiger partial charge in [0, 0.05) is 24.2 Å². The van der Waals surface area contributed by atoms with Crippen LogP contribution >= 0.6 is 12.2 Å². The van der Waals surface area contributed by atoms with E-state index in [1.807, 2.05) is 12.1 Å². The maximum atomic E-state index is 12.6. The van der Waals surface area contributed by atoms with E-state index in [-0.39, 0.29) is 17.8 Å². The highest BCUT2D eigenvalue weighted by atomic mass is 32.1. The van der Waals surface area contributed by atoms with Gasteiger partial charge in [0.1, 0.15) is 0 Å². The number of ketones is 1. The smallest absolute Gasteiger partial charge is 0.337 e. The van der Waals surface area contributed by atoms with Gasteiger partial charge in [0.2, 0.25) is 0 Å². The molecule has 1 atom stereocenters. The number of benzene rings is 1. The van der Waals surface area contributed by atoms with Gasteiger partial charge < -0.3 is 15.0 Å². The summed E-state index contributed by atoms with van der Waals surface area (Å²) in [6.45, 7) is 2.91. The molecule has 2 aliphatic rings. The SMILES string of the molecule is CCCN1C(=S)NC(c2ccc(C(=O)OC)cc2)C2=C1CCCC2=O. The van der Waals surface area contributed by atoms with E-state index in [4.69, 9.17) is 17.0 Å². The molecule has 0 radical (unpaired) electrons. The van der Waals surface area contributed by atoms with Crippen molar-refractivity contribution in [3.05, 3.63) is 46.7 Å². The van der Waals surface area contributed by atoms with Gasteiger partial charge in [-0.3, -0.25) is 4.79 Å². The molecule has 0 bridgehead atoms. The molecule has 1 aliphatic heterocycles. The summed E-state index contributed by atoms with van der Waals surface area (Å²) >= 11 is 5.56. The first-order valence-electron chi connectivity index (χ1n) is 8.59. The van der Waals surface area contributed by atoms with Crippen LogP contribution in [0.5, 0.6) is 0 Å². The number of thiocarbonyl (C=S) groups is 1. The van der Waals surface area contributed by atoms with E-state index in [1.165, 1.54) is 7.11 Å². The normalized spacial score (nSPS) is 20.2. The predicted molar refractivity (Wildman–Crippen MR) is 99.1 cm³/mol. The summed E-state index contributed by atoms with van der Waals surface area (Å²) < 4.78 is 4.74. The topological polar surface area (TPSA) is 58.6 Å². The number of hydrogen-bond donors (Lipinski definition) is 1. The van der Waals surface area contributed by atoms with Crippen molar-refractivity contribution in [2.45, 2.75) is 38.6 Å². The fourth-order valence-corrected chi connectivity index (χ4v) is 3.81. The zero-order valence-corrected chi connectivity index (χ0v) is 15.3. The summed E-state index contributed by atoms with van der Waals surface area (Å²) in [7, 11) is 1.36. The summed E-state index contributed by atoms with van der Waals surface area (Å²) in [6, 6.07) is 6.90. The zero-order valence-electron chi connectivity index (χ0n) is 14.5. The van der Waals surface area contributed by atoms with E-state index < -0.39 is 0 Å². The Labute approximate surface area is 153 Å². The second kappa shape index (κ2) is 7.35. The molecular weight excluding hydrogens is 336 g/mol. The third-order valence-electron chi connectivity index (χ3n) is 4.67. The second-order valence-electron chi connectivity index (χ2n) is 6.28. The van der Waals surface area contributed by atoms with Gasteiger partial charge in [0.25, 0.3) is 0 Å². The molecule has 1 aromatic rings. The number of hydrogen-bond acceptors (Lipinski definition) is 4. The molecule has 1 aliphatic carbocycles. The van der Waals surface area contributed by atoms with Crippen molar-refractivity contribution in [3.63, 3.8) is 0 Å². The van der Waals surface area contributed by atoms with Crippen LogP contribution in [0, 0.1) is 0 Å². The minimum absolute atomic E-state index is 0.180. The van der Waals surface area contributed by atoms with E-state index in [2.05, 4.69) is 17.1 Å². The summed E-state index contributed by atoms with van der Waals surface area (Å²) in [5.74, 6) is -0.194. The number of esters is 1. The Morgan fingerprint density at radius 1 is 1.32 bits per heavy atom. The highest BCUT2D eigenvalue weighted by molar-refractivity contribution is 7.80. The van der Waals surface area contributed by atoms with Gasteiger partial charge in [0.05, 0.1) is 18.7 Å². The quantitative estimate of drug-likeness (QED) is 0.659. The van der Waals surface area contributed by atoms with Crippen LogP contribution < -0.4 is 5.32 Å². The molecule has 6 heteroatoms. The van der Waals surface area contributed by atoms with Crippen molar-refractivity contribution in [2.24, 2.45) is 0 Å². The maximum absolute atomic E-state index is 12.6. The second-order valence-corrected chi connectivity index (χ2v) is 6.67. The Morgan fingerprint density at radius 3 is 2.68 bits per heavy atom. The Balaban J connectivity index is 2.00. The van der Waals surface area contributed by atoms with Gasteiger partial charge in [-0.1, -0.05) is 19.1 Å². The number of Topliss-reactive ketones (excluding diaryl/α,β-unsaturated/α-hetero) is 1. The minimum atomic E-state index is -0.374. The first-order valence-corrected chi connectivity index (χ1v) is 9.00. The standard InChI is InChI=1S/C19H22N2O3S/c1-3-11-21-14-5-4-6-15(22)16(14)17(20-19(21)25)12-7-9-13(10-8-12)18(23)24-2/h7-10,17H,3-6,11H2,1-2H3,(H,20,25). The molecule has 1 aromatic carbocycles. The van der Waals surface area contributed by atoms with Gasteiger partial charge in [-0.15, -0.1) is 0 Å². The number of methoxy groups -OCH3 is 1. The van der Waals surface area contributed by atoms with Gasteiger partial charge in [0.15, 0.2) is 10.9 Å². The Morgan fingerprint density at radius 2 is 2.04 bits per heavy atom. The van der Waals surface area contributed by atoms with Crippen molar-refractivity contribution in [1.29, 1.82) is 0 Å². The number of carbonyl (C=O) groups excluding carboxylic acids is 2. The van der Waals surface area contributed by atoms with Gasteiger partial charge in [-0.25, -0.2) is 4.79 Å². The third-order valence-corrected chi connectivity index (χ3v) is 5.01. The highest BCUT2D eigenvalue weighted by Crippen LogP contribution is 2.37. The number of carbonyl (C=O) groups is 2. The fraction of sp³-hybridized carbons (Fsp3) is 0.421. The molecule has 0 spiro atoms. The molecular formula is C19H22N2O3S. The van der Waals surface area contributed by atoms with Crippen LogP contribution in [-0.4, -0.2) is 35.4 Å². The molecule has 0 amide bonds. The molecule has 1 unspecified atom stereocenters. The monoisotopic (exact) mass is 358 g/mol. The zero-order chi connectivity index (χ0) is 18.0. The van der Waals surface area contributed by atoms with E-state index in [0.29, 0.717) is 17.1 Å². The molecule has 5 nitrogen and oxygen atoms in total. The number of rotatable bonds is 4. The lowest BCUT2D eigenvalue weighted by atomic mass is 9.84. The summed E-state index contributed by atoms with van der Waals surface area (Å²) in [5, 5.41) is 3.99. The minimum Gasteiger partial charge on any atom is -0.465 e. The molecule has 1 heterocycles. The first-order chi connectivity index (χ1) is 12.1. The fourth-order valence-electron chi connectivity index (χ4n) is 3.49. The first kappa shape index (κ1) is 17.6. The van der Waals surface area contributed by atoms with Gasteiger partial charge in [-0.05, 0) is 49.2 Å². The average Bonchev–Trinajstić information content (AvgIpc) is 2.63. The van der Waals surface area contributed by atoms with Crippen molar-refractivity contribution in [3.8, 4) is 0 Å². The number of nitrogens with one attached hydrogen (secondary N) is 1. The van der Waals surface area contributed by atoms with Crippen LogP contribution in [0.2, 0.25) is 0 Å². The lowest BCUT2D eigenvalue weighted by molar-refractivity contribution is -0.116. The van der Waals surface area contributed by atoms with Gasteiger partial charge in [-0.2, -0.15) is 0 Å². The van der Waals surface area contributed by atoms with Crippen LogP contribution in [-0.2, 0) is 9.53 Å². The highest BCUT2D eigenvalue weighted by Gasteiger charge is 2.36. The number of ether oxygens (including phenoxy) is 1. The Hall–Kier alpha value is -2.21. The number of nitrogens with zero attached hydrogens (tertiary/aromatic N) is 1. The van der Waals surface area contributed by atoms with Crippen LogP contribution in [0.3, 0.4) is 0 Å². The largest absolute Gasteiger partial charge is 0.465 e. The number of allylic oxidation sites excluding steroid dienone is 1. The summed E-state index contributed by atoms with van der Waals surface area (Å²) in [6.07, 6.45) is 3.28. The summed E-state index contributed by atoms with van der Waals surface area (Å²) in [4.78, 5) is 26.3. The molecule has 0 fully saturated rings. The Bertz CT molecular complexity index is 740. The molecule has 25 heavy (non-hydrogen) atoms. The van der Waals surface area contributed by atoms with E-state index >= 15 is 0 Å². The molecule has 0 aromatic heterocycles. The average molecular weight is 358 g/mol. The summed E-state index contributed by atoms with van der Waals surface area (Å²) in [5.41, 5.74) is 3.29. The van der Waals surface area contributed by atoms with E-state index in [1.54, 1.807) is 12.1 Å². The van der Waals surface area contributed by atoms with Crippen molar-refractivity contribution in [2.75, 3.05) is 13.7 Å². The van der Waals surface area contributed by atoms with Crippen molar-refractivity contribution in [1.82, 2.24) is 10.2 Å². The lowest BCUT2D eigenvalue weighted by Crippen LogP contribution is -2.49. The molecule has 3 rings (SSSR count). The third kappa shape index (κ3) is 3.31. The van der Waals surface area contributed by atoms with Crippen LogP contribution in [0.1, 0.15) is 54.6 Å². The lowest BCUT2D eigenvalue weighted by Gasteiger charge is -2.41. The molecule has 1 N–H and O–H groups in total.